The number of nitrogens with zero attached hydrogens (tertiary/aromatic N) is 3. The van der Waals surface area contributed by atoms with Crippen molar-refractivity contribution in [2.45, 2.75) is 38.5 Å². The third kappa shape index (κ3) is 9.27. The van der Waals surface area contributed by atoms with E-state index in [0.717, 1.165) is 54.5 Å². The smallest absolute Gasteiger partial charge is 0.241 e. The molecule has 1 N–H and O–H groups in total. The number of hydrogen-bond donors (Lipinski definition) is 1. The van der Waals surface area contributed by atoms with Gasteiger partial charge in [-0.1, -0.05) is 46.9 Å². The minimum Gasteiger partial charge on any atom is -0.492 e. The second-order valence-corrected chi connectivity index (χ2v) is 11.5. The van der Waals surface area contributed by atoms with Gasteiger partial charge in [-0.2, -0.15) is 0 Å². The van der Waals surface area contributed by atoms with Crippen molar-refractivity contribution in [3.8, 4) is 5.75 Å². The van der Waals surface area contributed by atoms with Crippen LogP contribution in [0.1, 0.15) is 42.7 Å². The number of likely N-dealkylation sites (tertiary alicyclic amines) is 2. The lowest BCUT2D eigenvalue weighted by Crippen LogP contribution is -2.41. The Morgan fingerprint density at radius 3 is 2.40 bits per heavy atom. The van der Waals surface area contributed by atoms with E-state index in [0.29, 0.717) is 29.1 Å². The molecule has 9 heteroatoms. The summed E-state index contributed by atoms with van der Waals surface area (Å²) in [6.45, 7) is 7.75. The monoisotopic (exact) mass is 602 g/mol. The predicted octanol–water partition coefficient (Wildman–Crippen LogP) is 7.33. The molecule has 3 aromatic rings. The molecule has 2 aliphatic heterocycles. The summed E-state index contributed by atoms with van der Waals surface area (Å²) in [5.41, 5.74) is 3.13. The van der Waals surface area contributed by atoms with Crippen molar-refractivity contribution in [2.75, 3.05) is 51.2 Å². The van der Waals surface area contributed by atoms with Crippen molar-refractivity contribution in [1.29, 1.82) is 0 Å². The van der Waals surface area contributed by atoms with Gasteiger partial charge in [-0.25, -0.2) is 0 Å². The lowest BCUT2D eigenvalue weighted by molar-refractivity contribution is -0.130. The number of piperidine rings is 1. The number of carbonyl (C=O) groups is 1. The molecule has 0 unspecified atom stereocenters. The van der Waals surface area contributed by atoms with E-state index < -0.39 is 0 Å². The van der Waals surface area contributed by atoms with Crippen LogP contribution in [0.15, 0.2) is 60.9 Å². The summed E-state index contributed by atoms with van der Waals surface area (Å²) in [6, 6.07) is 15.2. The predicted molar refractivity (Wildman–Crippen MR) is 165 cm³/mol. The van der Waals surface area contributed by atoms with Gasteiger partial charge in [0.2, 0.25) is 5.91 Å². The van der Waals surface area contributed by atoms with Crippen molar-refractivity contribution in [3.05, 3.63) is 87.1 Å². The van der Waals surface area contributed by atoms with Crippen LogP contribution < -0.4 is 10.1 Å². The Hall–Kier alpha value is -2.51. The van der Waals surface area contributed by atoms with Crippen LogP contribution in [0, 0.1) is 6.92 Å². The number of rotatable bonds is 8. The molecule has 0 atom stereocenters. The molecule has 1 aromatic heterocycles. The number of nitrogens with one attached hydrogen (secondary N) is 1. The second-order valence-electron chi connectivity index (χ2n) is 10.2. The number of hydrogen-bond acceptors (Lipinski definition) is 5. The summed E-state index contributed by atoms with van der Waals surface area (Å²) in [7, 11) is 0. The molecule has 0 radical (unpaired) electrons. The third-order valence-electron chi connectivity index (χ3n) is 7.37. The summed E-state index contributed by atoms with van der Waals surface area (Å²) in [4.78, 5) is 21.1. The molecule has 0 spiro atoms. The highest BCUT2D eigenvalue weighted by atomic mass is 35.5. The number of aryl methyl sites for hydroxylation is 1. The minimum atomic E-state index is 0.125. The zero-order valence-electron chi connectivity index (χ0n) is 22.9. The average Bonchev–Trinajstić information content (AvgIpc) is 3.49. The van der Waals surface area contributed by atoms with Crippen LogP contribution in [0.4, 0.5) is 5.69 Å². The molecular weight excluding hydrogens is 567 g/mol. The quantitative estimate of drug-likeness (QED) is 0.292. The molecular formula is C31H37Cl3N4O2. The van der Waals surface area contributed by atoms with Crippen molar-refractivity contribution in [1.82, 2.24) is 14.8 Å². The van der Waals surface area contributed by atoms with Crippen LogP contribution in [0.25, 0.3) is 0 Å². The minimum absolute atomic E-state index is 0.125. The Morgan fingerprint density at radius 1 is 1.00 bits per heavy atom. The molecule has 0 bridgehead atoms. The van der Waals surface area contributed by atoms with E-state index in [4.69, 9.17) is 39.5 Å². The Kier molecular flexibility index (Phi) is 11.8. The first-order valence-electron chi connectivity index (χ1n) is 13.9. The summed E-state index contributed by atoms with van der Waals surface area (Å²) in [6.07, 6.45) is 7.89. The molecule has 2 saturated heterocycles. The lowest BCUT2D eigenvalue weighted by Gasteiger charge is -2.33. The maximum absolute atomic E-state index is 12.6. The summed E-state index contributed by atoms with van der Waals surface area (Å²) in [5.74, 6) is 1.41. The van der Waals surface area contributed by atoms with Crippen molar-refractivity contribution >= 4 is 46.4 Å². The van der Waals surface area contributed by atoms with E-state index in [2.05, 4.69) is 21.3 Å². The lowest BCUT2D eigenvalue weighted by atomic mass is 9.88. The Labute approximate surface area is 252 Å². The van der Waals surface area contributed by atoms with Gasteiger partial charge in [0.05, 0.1) is 12.2 Å². The highest BCUT2D eigenvalue weighted by molar-refractivity contribution is 6.35. The van der Waals surface area contributed by atoms with E-state index in [-0.39, 0.29) is 5.91 Å². The van der Waals surface area contributed by atoms with Crippen LogP contribution in [0.5, 0.6) is 5.75 Å². The number of benzene rings is 2. The van der Waals surface area contributed by atoms with Crippen molar-refractivity contribution in [3.63, 3.8) is 0 Å². The normalized spacial score (nSPS) is 15.8. The Bertz CT molecular complexity index is 1230. The highest BCUT2D eigenvalue weighted by Gasteiger charge is 2.26. The fourth-order valence-electron chi connectivity index (χ4n) is 5.03. The number of halogens is 3. The number of aromatic nitrogens is 1. The number of amides is 1. The Morgan fingerprint density at radius 2 is 1.73 bits per heavy atom. The summed E-state index contributed by atoms with van der Waals surface area (Å²) >= 11 is 17.6. The van der Waals surface area contributed by atoms with Crippen LogP contribution in [0.3, 0.4) is 0 Å². The first-order valence-corrected chi connectivity index (χ1v) is 15.0. The number of carbonyl (C=O) groups excluding carboxylic acids is 1. The van der Waals surface area contributed by atoms with E-state index in [1.54, 1.807) is 18.5 Å². The zero-order chi connectivity index (χ0) is 28.3. The molecule has 3 heterocycles. The van der Waals surface area contributed by atoms with Crippen LogP contribution >= 0.6 is 34.8 Å². The van der Waals surface area contributed by atoms with Crippen LogP contribution in [-0.4, -0.2) is 66.6 Å². The van der Waals surface area contributed by atoms with Gasteiger partial charge < -0.3 is 15.0 Å². The van der Waals surface area contributed by atoms with E-state index in [1.165, 1.54) is 31.5 Å². The molecule has 2 aliphatic rings. The highest BCUT2D eigenvalue weighted by Crippen LogP contribution is 2.36. The Balaban J connectivity index is 0.000000350. The molecule has 2 aromatic carbocycles. The number of pyridine rings is 1. The molecule has 0 aliphatic carbocycles. The SMILES string of the molecule is Cc1ccc(Cl)cc1Cl.O=C(CNc1cccnc1)N1CCC(c2ccc(Cl)cc2OCCN2CCCC2)CC1. The van der Waals surface area contributed by atoms with Crippen LogP contribution in [-0.2, 0) is 4.79 Å². The molecule has 214 valence electrons. The first kappa shape index (κ1) is 30.4. The van der Waals surface area contributed by atoms with Gasteiger partial charge in [-0.15, -0.1) is 0 Å². The standard InChI is InChI=1S/C24H31ClN4O2.C7H6Cl2/c25-20-5-6-22(23(16-20)31-15-14-28-10-1-2-11-28)19-7-12-29(13-8-19)24(30)18-27-21-4-3-9-26-17-21;1-5-2-3-6(8)4-7(5)9/h3-6,9,16-17,19,27H,1-2,7-8,10-15,18H2;2-4H,1H3. The fourth-order valence-corrected chi connectivity index (χ4v) is 5.60. The maximum atomic E-state index is 12.6. The van der Waals surface area contributed by atoms with Gasteiger partial charge in [0.25, 0.3) is 0 Å². The zero-order valence-corrected chi connectivity index (χ0v) is 25.2. The van der Waals surface area contributed by atoms with Crippen LogP contribution in [0.2, 0.25) is 15.1 Å². The molecule has 5 rings (SSSR count). The molecule has 0 saturated carbocycles. The number of ether oxygens (including phenoxy) is 1. The van der Waals surface area contributed by atoms with Gasteiger partial charge in [0.1, 0.15) is 12.4 Å². The molecule has 2 fully saturated rings. The topological polar surface area (TPSA) is 57.7 Å². The average molecular weight is 604 g/mol. The molecule has 6 nitrogen and oxygen atoms in total. The van der Waals surface area contributed by atoms with Crippen molar-refractivity contribution < 1.29 is 9.53 Å². The third-order valence-corrected chi connectivity index (χ3v) is 8.24. The maximum Gasteiger partial charge on any atom is 0.241 e. The molecule has 40 heavy (non-hydrogen) atoms. The molecule has 1 amide bonds. The van der Waals surface area contributed by atoms with Gasteiger partial charge in [-0.3, -0.25) is 14.7 Å². The van der Waals surface area contributed by atoms with E-state index >= 15 is 0 Å². The van der Waals surface area contributed by atoms with Gasteiger partial charge in [-0.05, 0) is 99.1 Å². The van der Waals surface area contributed by atoms with E-state index in [1.807, 2.05) is 48.2 Å². The summed E-state index contributed by atoms with van der Waals surface area (Å²) in [5, 5.41) is 5.27. The van der Waals surface area contributed by atoms with Gasteiger partial charge >= 0.3 is 0 Å². The number of anilines is 1. The first-order chi connectivity index (χ1) is 19.4. The second kappa shape index (κ2) is 15.5. The van der Waals surface area contributed by atoms with Crippen molar-refractivity contribution in [2.24, 2.45) is 0 Å². The van der Waals surface area contributed by atoms with Gasteiger partial charge in [0, 0.05) is 47.1 Å². The fraction of sp³-hybridized carbons (Fsp3) is 0.419. The van der Waals surface area contributed by atoms with E-state index in [9.17, 15) is 4.79 Å². The van der Waals surface area contributed by atoms with Gasteiger partial charge in [0.15, 0.2) is 0 Å². The largest absolute Gasteiger partial charge is 0.492 e. The summed E-state index contributed by atoms with van der Waals surface area (Å²) < 4.78 is 6.17.